The third kappa shape index (κ3) is 2.37. The first-order chi connectivity index (χ1) is 10.5. The van der Waals surface area contributed by atoms with Crippen LogP contribution in [0.4, 0.5) is 0 Å². The van der Waals surface area contributed by atoms with Crippen LogP contribution in [0.25, 0.3) is 0 Å². The molecule has 0 amide bonds. The minimum atomic E-state index is -0.584. The van der Waals surface area contributed by atoms with Crippen molar-refractivity contribution < 1.29 is 19.1 Å². The van der Waals surface area contributed by atoms with E-state index in [9.17, 15) is 9.59 Å². The molecule has 4 nitrogen and oxygen atoms in total. The lowest BCUT2D eigenvalue weighted by Crippen LogP contribution is -2.49. The van der Waals surface area contributed by atoms with E-state index in [2.05, 4.69) is 20.4 Å². The van der Waals surface area contributed by atoms with E-state index in [1.54, 1.807) is 0 Å². The van der Waals surface area contributed by atoms with Gasteiger partial charge in [-0.05, 0) is 49.4 Å². The zero-order valence-corrected chi connectivity index (χ0v) is 13.5. The van der Waals surface area contributed by atoms with Gasteiger partial charge in [-0.2, -0.15) is 0 Å². The van der Waals surface area contributed by atoms with Gasteiger partial charge in [0.1, 0.15) is 5.60 Å². The fourth-order valence-electron chi connectivity index (χ4n) is 5.47. The first kappa shape index (κ1) is 15.6. The lowest BCUT2D eigenvalue weighted by molar-refractivity contribution is -0.184. The number of ether oxygens (including phenoxy) is 2. The molecule has 0 heterocycles. The molecule has 3 fully saturated rings. The number of fused-ring (bicyclic) bond motifs is 5. The number of hydrogen-bond donors (Lipinski definition) is 0. The standard InChI is InChI=1S/C18H26O4/c1-4-16(19)21-10-17(20)22-18(11(2)3)9-12-8-15(18)14-7-5-6-13(12)14/h4,11-15H,1,5-10H2,2-3H3. The summed E-state index contributed by atoms with van der Waals surface area (Å²) in [4.78, 5) is 23.3. The summed E-state index contributed by atoms with van der Waals surface area (Å²) in [5.41, 5.74) is -0.353. The average Bonchev–Trinajstić information content (AvgIpc) is 3.15. The summed E-state index contributed by atoms with van der Waals surface area (Å²) in [6.45, 7) is 7.30. The van der Waals surface area contributed by atoms with Crippen LogP contribution in [0.1, 0.15) is 46.0 Å². The van der Waals surface area contributed by atoms with Crippen molar-refractivity contribution in [2.45, 2.75) is 51.6 Å². The van der Waals surface area contributed by atoms with Crippen molar-refractivity contribution >= 4 is 11.9 Å². The first-order valence-corrected chi connectivity index (χ1v) is 8.49. The van der Waals surface area contributed by atoms with E-state index in [1.807, 2.05) is 0 Å². The van der Waals surface area contributed by atoms with Crippen molar-refractivity contribution in [3.8, 4) is 0 Å². The lowest BCUT2D eigenvalue weighted by Gasteiger charge is -2.45. The molecule has 0 aromatic heterocycles. The van der Waals surface area contributed by atoms with Crippen molar-refractivity contribution in [1.82, 2.24) is 0 Å². The van der Waals surface area contributed by atoms with Gasteiger partial charge in [-0.15, -0.1) is 0 Å². The fourth-order valence-corrected chi connectivity index (χ4v) is 5.47. The topological polar surface area (TPSA) is 52.6 Å². The molecule has 0 aromatic carbocycles. The fraction of sp³-hybridized carbons (Fsp3) is 0.778. The third-order valence-corrected chi connectivity index (χ3v) is 6.29. The zero-order chi connectivity index (χ0) is 15.9. The first-order valence-electron chi connectivity index (χ1n) is 8.49. The molecule has 3 aliphatic rings. The second kappa shape index (κ2) is 5.71. The number of esters is 2. The van der Waals surface area contributed by atoms with Gasteiger partial charge >= 0.3 is 11.9 Å². The van der Waals surface area contributed by atoms with Crippen molar-refractivity contribution in [3.05, 3.63) is 12.7 Å². The van der Waals surface area contributed by atoms with Gasteiger partial charge < -0.3 is 9.47 Å². The number of rotatable bonds is 5. The summed E-state index contributed by atoms with van der Waals surface area (Å²) in [5.74, 6) is 2.07. The summed E-state index contributed by atoms with van der Waals surface area (Å²) >= 11 is 0. The van der Waals surface area contributed by atoms with Gasteiger partial charge in [-0.3, -0.25) is 0 Å². The molecule has 3 rings (SSSR count). The molecule has 0 saturated heterocycles. The average molecular weight is 306 g/mol. The minimum absolute atomic E-state index is 0.295. The molecule has 0 N–H and O–H groups in total. The minimum Gasteiger partial charge on any atom is -0.456 e. The Bertz CT molecular complexity index is 483. The van der Waals surface area contributed by atoms with Crippen LogP contribution in [0.5, 0.6) is 0 Å². The van der Waals surface area contributed by atoms with Crippen LogP contribution in [-0.2, 0) is 19.1 Å². The number of hydrogen-bond acceptors (Lipinski definition) is 4. The summed E-state index contributed by atoms with van der Waals surface area (Å²) in [7, 11) is 0. The molecule has 0 radical (unpaired) electrons. The Hall–Kier alpha value is -1.32. The smallest absolute Gasteiger partial charge is 0.344 e. The highest BCUT2D eigenvalue weighted by atomic mass is 16.6. The summed E-state index contributed by atoms with van der Waals surface area (Å²) < 4.78 is 10.8. The molecule has 22 heavy (non-hydrogen) atoms. The van der Waals surface area contributed by atoms with Crippen molar-refractivity contribution in [2.75, 3.05) is 6.61 Å². The van der Waals surface area contributed by atoms with Crippen LogP contribution < -0.4 is 0 Å². The van der Waals surface area contributed by atoms with E-state index in [0.717, 1.165) is 24.3 Å². The zero-order valence-electron chi connectivity index (χ0n) is 13.5. The Balaban J connectivity index is 1.70. The van der Waals surface area contributed by atoms with Crippen LogP contribution in [0.15, 0.2) is 12.7 Å². The van der Waals surface area contributed by atoms with Crippen LogP contribution in [0, 0.1) is 29.6 Å². The Kier molecular flexibility index (Phi) is 4.04. The van der Waals surface area contributed by atoms with Gasteiger partial charge in [-0.1, -0.05) is 26.8 Å². The van der Waals surface area contributed by atoms with E-state index in [4.69, 9.17) is 9.47 Å². The van der Waals surface area contributed by atoms with Crippen molar-refractivity contribution in [2.24, 2.45) is 29.6 Å². The highest BCUT2D eigenvalue weighted by Gasteiger charge is 2.63. The molecule has 5 unspecified atom stereocenters. The summed E-state index contributed by atoms with van der Waals surface area (Å²) in [6, 6.07) is 0. The van der Waals surface area contributed by atoms with Gasteiger partial charge in [0.15, 0.2) is 6.61 Å². The van der Waals surface area contributed by atoms with Crippen LogP contribution in [-0.4, -0.2) is 24.1 Å². The van der Waals surface area contributed by atoms with Crippen molar-refractivity contribution in [1.29, 1.82) is 0 Å². The van der Waals surface area contributed by atoms with Gasteiger partial charge in [0, 0.05) is 12.0 Å². The van der Waals surface area contributed by atoms with E-state index in [1.165, 1.54) is 25.7 Å². The summed E-state index contributed by atoms with van der Waals surface area (Å²) in [6.07, 6.45) is 7.20. The van der Waals surface area contributed by atoms with Gasteiger partial charge in [-0.25, -0.2) is 9.59 Å². The highest BCUT2D eigenvalue weighted by molar-refractivity contribution is 5.83. The third-order valence-electron chi connectivity index (χ3n) is 6.29. The van der Waals surface area contributed by atoms with Crippen LogP contribution in [0.3, 0.4) is 0 Å². The highest BCUT2D eigenvalue weighted by Crippen LogP contribution is 2.65. The predicted octanol–water partition coefficient (Wildman–Crippen LogP) is 3.11. The second-order valence-corrected chi connectivity index (χ2v) is 7.46. The predicted molar refractivity (Wildman–Crippen MR) is 81.9 cm³/mol. The van der Waals surface area contributed by atoms with Gasteiger partial charge in [0.2, 0.25) is 0 Å². The lowest BCUT2D eigenvalue weighted by atomic mass is 9.68. The molecule has 3 aliphatic carbocycles. The van der Waals surface area contributed by atoms with E-state index >= 15 is 0 Å². The molecular weight excluding hydrogens is 280 g/mol. The molecule has 0 spiro atoms. The quantitative estimate of drug-likeness (QED) is 0.578. The normalized spacial score (nSPS) is 38.9. The van der Waals surface area contributed by atoms with Gasteiger partial charge in [0.25, 0.3) is 0 Å². The largest absolute Gasteiger partial charge is 0.456 e. The second-order valence-electron chi connectivity index (χ2n) is 7.46. The SMILES string of the molecule is C=CC(=O)OCC(=O)OC1(C(C)C)CC2CC1C1CCCC21. The Morgan fingerprint density at radius 3 is 2.73 bits per heavy atom. The maximum absolute atomic E-state index is 12.2. The molecule has 2 bridgehead atoms. The van der Waals surface area contributed by atoms with E-state index in [0.29, 0.717) is 17.8 Å². The van der Waals surface area contributed by atoms with Gasteiger partial charge in [0.05, 0.1) is 0 Å². The maximum Gasteiger partial charge on any atom is 0.344 e. The molecule has 4 heteroatoms. The van der Waals surface area contributed by atoms with Crippen molar-refractivity contribution in [3.63, 3.8) is 0 Å². The Morgan fingerprint density at radius 1 is 1.32 bits per heavy atom. The maximum atomic E-state index is 12.2. The van der Waals surface area contributed by atoms with E-state index in [-0.39, 0.29) is 12.2 Å². The van der Waals surface area contributed by atoms with Crippen LogP contribution in [0.2, 0.25) is 0 Å². The Morgan fingerprint density at radius 2 is 2.05 bits per heavy atom. The number of carbonyl (C=O) groups is 2. The molecule has 122 valence electrons. The molecule has 0 aliphatic heterocycles. The molecule has 0 aromatic rings. The molecule has 3 saturated carbocycles. The van der Waals surface area contributed by atoms with Crippen LogP contribution >= 0.6 is 0 Å². The summed E-state index contributed by atoms with van der Waals surface area (Å²) in [5, 5.41) is 0. The van der Waals surface area contributed by atoms with E-state index < -0.39 is 11.9 Å². The molecule has 5 atom stereocenters. The number of carbonyl (C=O) groups excluding carboxylic acids is 2. The monoisotopic (exact) mass is 306 g/mol. The Labute approximate surface area is 132 Å². The molecular formula is C18H26O4.